The highest BCUT2D eigenvalue weighted by molar-refractivity contribution is 7.87. The van der Waals surface area contributed by atoms with Gasteiger partial charge in [0.1, 0.15) is 5.75 Å². The van der Waals surface area contributed by atoms with E-state index in [4.69, 9.17) is 4.18 Å². The van der Waals surface area contributed by atoms with Crippen LogP contribution in [0, 0.1) is 16.0 Å². The summed E-state index contributed by atoms with van der Waals surface area (Å²) in [6.07, 6.45) is 2.09. The number of benzene rings is 2. The van der Waals surface area contributed by atoms with Crippen LogP contribution in [0.1, 0.15) is 19.4 Å². The highest BCUT2D eigenvalue weighted by atomic mass is 32.2. The fraction of sp³-hybridized carbons (Fsp3) is 0.190. The largest absolute Gasteiger partial charge is 0.379 e. The maximum atomic E-state index is 13.0. The highest BCUT2D eigenvalue weighted by Gasteiger charge is 2.33. The molecule has 0 atom stereocenters. The van der Waals surface area contributed by atoms with E-state index in [2.05, 4.69) is 18.8 Å². The van der Waals surface area contributed by atoms with Gasteiger partial charge in [0.05, 0.1) is 10.6 Å². The van der Waals surface area contributed by atoms with Crippen molar-refractivity contribution in [3.63, 3.8) is 0 Å². The van der Waals surface area contributed by atoms with Crippen molar-refractivity contribution in [3.8, 4) is 17.0 Å². The number of hydrogen-bond acceptors (Lipinski definition) is 6. The molecule has 0 radical (unpaired) electrons. The molecule has 29 heavy (non-hydrogen) atoms. The Morgan fingerprint density at radius 2 is 1.69 bits per heavy atom. The fourth-order valence-electron chi connectivity index (χ4n) is 2.95. The average Bonchev–Trinajstić information content (AvgIpc) is 2.68. The Kier molecular flexibility index (Phi) is 5.93. The third-order valence-electron chi connectivity index (χ3n) is 4.15. The van der Waals surface area contributed by atoms with Gasteiger partial charge >= 0.3 is 10.1 Å². The minimum Gasteiger partial charge on any atom is -0.379 e. The van der Waals surface area contributed by atoms with Crippen molar-refractivity contribution in [3.05, 3.63) is 82.5 Å². The zero-order valence-corrected chi connectivity index (χ0v) is 16.8. The first-order valence-corrected chi connectivity index (χ1v) is 10.4. The molecule has 1 heterocycles. The van der Waals surface area contributed by atoms with Gasteiger partial charge in [-0.15, -0.1) is 0 Å². The predicted molar refractivity (Wildman–Crippen MR) is 109 cm³/mol. The van der Waals surface area contributed by atoms with Crippen molar-refractivity contribution in [2.24, 2.45) is 5.92 Å². The first kappa shape index (κ1) is 20.5. The molecule has 150 valence electrons. The summed E-state index contributed by atoms with van der Waals surface area (Å²) < 4.78 is 31.1. The fourth-order valence-corrected chi connectivity index (χ4v) is 4.20. The van der Waals surface area contributed by atoms with E-state index in [-0.39, 0.29) is 11.4 Å². The van der Waals surface area contributed by atoms with E-state index < -0.39 is 25.6 Å². The number of nitro groups is 1. The lowest BCUT2D eigenvalue weighted by Gasteiger charge is -2.12. The molecule has 3 aromatic rings. The van der Waals surface area contributed by atoms with Gasteiger partial charge < -0.3 is 4.18 Å². The van der Waals surface area contributed by atoms with Crippen LogP contribution < -0.4 is 4.18 Å². The summed E-state index contributed by atoms with van der Waals surface area (Å²) in [5.74, 6) is 0.524. The van der Waals surface area contributed by atoms with Crippen LogP contribution in [0.25, 0.3) is 11.3 Å². The Balaban J connectivity index is 2.11. The number of hydrogen-bond donors (Lipinski definition) is 0. The van der Waals surface area contributed by atoms with Crippen molar-refractivity contribution in [2.75, 3.05) is 0 Å². The smallest absolute Gasteiger partial charge is 0.348 e. The van der Waals surface area contributed by atoms with E-state index in [9.17, 15) is 18.5 Å². The van der Waals surface area contributed by atoms with Gasteiger partial charge in [-0.1, -0.05) is 56.3 Å². The van der Waals surface area contributed by atoms with E-state index in [1.807, 2.05) is 12.1 Å². The topological polar surface area (TPSA) is 99.4 Å². The molecule has 0 aliphatic rings. The quantitative estimate of drug-likeness (QED) is 0.319. The Hall–Kier alpha value is -3.26. The monoisotopic (exact) mass is 412 g/mol. The van der Waals surface area contributed by atoms with Gasteiger partial charge in [-0.05, 0) is 30.0 Å². The van der Waals surface area contributed by atoms with Gasteiger partial charge in [0.2, 0.25) is 4.90 Å². The maximum absolute atomic E-state index is 13.0. The van der Waals surface area contributed by atoms with Gasteiger partial charge in [0.15, 0.2) is 0 Å². The van der Waals surface area contributed by atoms with Crippen molar-refractivity contribution in [2.45, 2.75) is 25.2 Å². The normalized spacial score (nSPS) is 11.4. The molecule has 0 saturated heterocycles. The van der Waals surface area contributed by atoms with E-state index in [1.165, 1.54) is 18.3 Å². The number of para-hydroxylation sites is 1. The zero-order chi connectivity index (χ0) is 21.0. The Bertz CT molecular complexity index is 1110. The van der Waals surface area contributed by atoms with E-state index in [1.54, 1.807) is 30.3 Å². The van der Waals surface area contributed by atoms with Gasteiger partial charge in [-0.3, -0.25) is 15.1 Å². The molecule has 1 aromatic heterocycles. The van der Waals surface area contributed by atoms with Crippen molar-refractivity contribution >= 4 is 15.8 Å². The van der Waals surface area contributed by atoms with Gasteiger partial charge in [-0.2, -0.15) is 8.42 Å². The van der Waals surface area contributed by atoms with Crippen LogP contribution in [0.2, 0.25) is 0 Å². The molecule has 0 amide bonds. The van der Waals surface area contributed by atoms with E-state index in [0.29, 0.717) is 11.5 Å². The number of rotatable bonds is 7. The Morgan fingerprint density at radius 3 is 2.28 bits per heavy atom. The van der Waals surface area contributed by atoms with Crippen LogP contribution in [-0.2, 0) is 16.5 Å². The minimum atomic E-state index is -4.50. The average molecular weight is 412 g/mol. The molecule has 7 nitrogen and oxygen atoms in total. The van der Waals surface area contributed by atoms with Crippen LogP contribution >= 0.6 is 0 Å². The minimum absolute atomic E-state index is 0.0220. The van der Waals surface area contributed by atoms with Crippen LogP contribution in [0.3, 0.4) is 0 Å². The second-order valence-corrected chi connectivity index (χ2v) is 8.39. The van der Waals surface area contributed by atoms with E-state index in [0.717, 1.165) is 18.1 Å². The molecule has 0 unspecified atom stereocenters. The Labute approximate surface area is 169 Å². The number of aromatic nitrogens is 1. The maximum Gasteiger partial charge on any atom is 0.348 e. The summed E-state index contributed by atoms with van der Waals surface area (Å²) in [5, 5.41) is 11.5. The molecule has 0 saturated carbocycles. The SMILES string of the molecule is CC(C)Cc1ccc(-c2nccc([N+](=O)[O-])c2S(=O)(=O)Oc2ccccc2)cc1. The van der Waals surface area contributed by atoms with Crippen LogP contribution in [-0.4, -0.2) is 18.3 Å². The lowest BCUT2D eigenvalue weighted by molar-refractivity contribution is -0.387. The van der Waals surface area contributed by atoms with Crippen LogP contribution in [0.4, 0.5) is 5.69 Å². The van der Waals surface area contributed by atoms with Crippen molar-refractivity contribution < 1.29 is 17.5 Å². The molecule has 0 aliphatic heterocycles. The number of nitrogens with zero attached hydrogens (tertiary/aromatic N) is 2. The first-order chi connectivity index (χ1) is 13.8. The third-order valence-corrected chi connectivity index (χ3v) is 5.47. The molecule has 8 heteroatoms. The summed E-state index contributed by atoms with van der Waals surface area (Å²) in [6.45, 7) is 4.20. The zero-order valence-electron chi connectivity index (χ0n) is 16.0. The molecule has 0 fully saturated rings. The summed E-state index contributed by atoms with van der Waals surface area (Å²) in [5.41, 5.74) is 0.930. The molecular formula is C21H20N2O5S. The van der Waals surface area contributed by atoms with Crippen LogP contribution in [0.15, 0.2) is 71.8 Å². The van der Waals surface area contributed by atoms with Crippen molar-refractivity contribution in [1.82, 2.24) is 4.98 Å². The highest BCUT2D eigenvalue weighted by Crippen LogP contribution is 2.34. The lowest BCUT2D eigenvalue weighted by atomic mass is 10.0. The number of pyridine rings is 1. The molecule has 0 bridgehead atoms. The predicted octanol–water partition coefficient (Wildman–Crippen LogP) is 4.62. The first-order valence-electron chi connectivity index (χ1n) is 9.00. The summed E-state index contributed by atoms with van der Waals surface area (Å²) in [4.78, 5) is 14.3. The van der Waals surface area contributed by atoms with Gasteiger partial charge in [-0.25, -0.2) is 0 Å². The summed E-state index contributed by atoms with van der Waals surface area (Å²) in [7, 11) is -4.50. The second-order valence-electron chi connectivity index (χ2n) is 6.91. The standard InChI is InChI=1S/C21H20N2O5S/c1-15(2)14-16-8-10-17(11-9-16)20-21(19(23(24)25)12-13-22-20)29(26,27)28-18-6-4-3-5-7-18/h3-13,15H,14H2,1-2H3. The summed E-state index contributed by atoms with van der Waals surface area (Å²) in [6, 6.07) is 16.0. The van der Waals surface area contributed by atoms with Crippen LogP contribution in [0.5, 0.6) is 5.75 Å². The van der Waals surface area contributed by atoms with Crippen molar-refractivity contribution in [1.29, 1.82) is 0 Å². The van der Waals surface area contributed by atoms with Gasteiger partial charge in [0, 0.05) is 17.8 Å². The molecular weight excluding hydrogens is 392 g/mol. The molecule has 3 rings (SSSR count). The third kappa shape index (κ3) is 4.78. The lowest BCUT2D eigenvalue weighted by Crippen LogP contribution is -2.14. The molecule has 2 aromatic carbocycles. The van der Waals surface area contributed by atoms with Gasteiger partial charge in [0.25, 0.3) is 5.69 Å². The molecule has 0 spiro atoms. The summed E-state index contributed by atoms with van der Waals surface area (Å²) >= 11 is 0. The van der Waals surface area contributed by atoms with E-state index >= 15 is 0 Å². The molecule has 0 N–H and O–H groups in total. The Morgan fingerprint density at radius 1 is 1.03 bits per heavy atom. The second kappa shape index (κ2) is 8.40. The molecule has 0 aliphatic carbocycles.